The molecular weight excluding hydrogens is 322 g/mol. The fraction of sp³-hybridized carbons (Fsp3) is 0.533. The van der Waals surface area contributed by atoms with E-state index in [1.807, 2.05) is 18.2 Å². The van der Waals surface area contributed by atoms with E-state index in [1.165, 1.54) is 5.56 Å². The molecule has 1 heterocycles. The molecule has 5 heteroatoms. The normalized spacial score (nSPS) is 17.9. The van der Waals surface area contributed by atoms with Crippen LogP contribution in [0.1, 0.15) is 24.0 Å². The van der Waals surface area contributed by atoms with Crippen LogP contribution in [0.2, 0.25) is 0 Å². The van der Waals surface area contributed by atoms with Crippen LogP contribution in [0.25, 0.3) is 0 Å². The molecule has 0 bridgehead atoms. The third kappa shape index (κ3) is 4.04. The molecule has 0 aliphatic carbocycles. The van der Waals surface area contributed by atoms with Gasteiger partial charge in [0.1, 0.15) is 0 Å². The summed E-state index contributed by atoms with van der Waals surface area (Å²) in [5, 5.41) is 9.04. The molecule has 1 aromatic rings. The highest BCUT2D eigenvalue weighted by atomic mass is 79.9. The first-order valence-corrected chi connectivity index (χ1v) is 7.68. The second kappa shape index (κ2) is 7.20. The number of carbonyl (C=O) groups is 1. The van der Waals surface area contributed by atoms with E-state index in [2.05, 4.69) is 20.8 Å². The molecule has 0 aromatic heterocycles. The second-order valence-electron chi connectivity index (χ2n) is 5.11. The number of hydrogen-bond acceptors (Lipinski definition) is 3. The first kappa shape index (κ1) is 15.5. The lowest BCUT2D eigenvalue weighted by atomic mass is 9.99. The summed E-state index contributed by atoms with van der Waals surface area (Å²) >= 11 is 3.55. The van der Waals surface area contributed by atoms with E-state index in [0.29, 0.717) is 0 Å². The van der Waals surface area contributed by atoms with Gasteiger partial charge in [-0.2, -0.15) is 0 Å². The van der Waals surface area contributed by atoms with Crippen molar-refractivity contribution in [3.63, 3.8) is 0 Å². The van der Waals surface area contributed by atoms with Crippen LogP contribution in [0.15, 0.2) is 22.7 Å². The molecule has 0 saturated carbocycles. The van der Waals surface area contributed by atoms with Crippen molar-refractivity contribution in [2.45, 2.75) is 19.3 Å². The number of morpholine rings is 1. The van der Waals surface area contributed by atoms with Gasteiger partial charge in [-0.1, -0.05) is 28.1 Å². The zero-order valence-corrected chi connectivity index (χ0v) is 13.2. The van der Waals surface area contributed by atoms with Gasteiger partial charge in [-0.3, -0.25) is 9.69 Å². The first-order chi connectivity index (χ1) is 9.58. The van der Waals surface area contributed by atoms with Gasteiger partial charge in [0, 0.05) is 24.1 Å². The highest BCUT2D eigenvalue weighted by Crippen LogP contribution is 2.24. The molecule has 4 nitrogen and oxygen atoms in total. The summed E-state index contributed by atoms with van der Waals surface area (Å²) in [6.45, 7) is 6.33. The molecule has 2 rings (SSSR count). The molecule has 1 saturated heterocycles. The number of rotatable bonds is 5. The van der Waals surface area contributed by atoms with Crippen LogP contribution < -0.4 is 0 Å². The Balaban J connectivity index is 1.96. The van der Waals surface area contributed by atoms with Gasteiger partial charge in [-0.15, -0.1) is 0 Å². The Morgan fingerprint density at radius 1 is 1.45 bits per heavy atom. The Morgan fingerprint density at radius 2 is 2.15 bits per heavy atom. The van der Waals surface area contributed by atoms with Crippen LogP contribution in [-0.4, -0.2) is 48.8 Å². The molecule has 1 N–H and O–H groups in total. The fourth-order valence-electron chi connectivity index (χ4n) is 2.28. The maximum Gasteiger partial charge on any atom is 0.310 e. The van der Waals surface area contributed by atoms with E-state index in [-0.39, 0.29) is 0 Å². The number of benzene rings is 1. The van der Waals surface area contributed by atoms with Gasteiger partial charge in [0.25, 0.3) is 0 Å². The quantitative estimate of drug-likeness (QED) is 0.893. The van der Waals surface area contributed by atoms with Gasteiger partial charge in [0.2, 0.25) is 0 Å². The molecule has 1 aliphatic heterocycles. The lowest BCUT2D eigenvalue weighted by molar-refractivity contribution is -0.138. The van der Waals surface area contributed by atoms with E-state index in [0.717, 1.165) is 49.3 Å². The van der Waals surface area contributed by atoms with Crippen molar-refractivity contribution < 1.29 is 14.6 Å². The standard InChI is InChI=1S/C15H20BrNO3/c1-11(15(18)19)13-3-2-12(14(16)10-13)4-5-17-6-8-20-9-7-17/h2-3,10-11H,4-9H2,1H3,(H,18,19). The summed E-state index contributed by atoms with van der Waals surface area (Å²) in [7, 11) is 0. The van der Waals surface area contributed by atoms with E-state index in [1.54, 1.807) is 6.92 Å². The van der Waals surface area contributed by atoms with Gasteiger partial charge in [0.15, 0.2) is 0 Å². The first-order valence-electron chi connectivity index (χ1n) is 6.89. The number of hydrogen-bond donors (Lipinski definition) is 1. The molecule has 1 aromatic carbocycles. The molecular formula is C15H20BrNO3. The monoisotopic (exact) mass is 341 g/mol. The predicted octanol–water partition coefficient (Wildman–Crippen LogP) is 2.51. The van der Waals surface area contributed by atoms with Crippen molar-refractivity contribution in [1.29, 1.82) is 0 Å². The number of halogens is 1. The number of ether oxygens (including phenoxy) is 1. The van der Waals surface area contributed by atoms with Crippen molar-refractivity contribution in [1.82, 2.24) is 4.90 Å². The van der Waals surface area contributed by atoms with Crippen molar-refractivity contribution in [3.05, 3.63) is 33.8 Å². The fourth-order valence-corrected chi connectivity index (χ4v) is 2.88. The van der Waals surface area contributed by atoms with Crippen molar-refractivity contribution in [2.75, 3.05) is 32.8 Å². The van der Waals surface area contributed by atoms with Crippen LogP contribution >= 0.6 is 15.9 Å². The highest BCUT2D eigenvalue weighted by Gasteiger charge is 2.15. The molecule has 0 spiro atoms. The Hall–Kier alpha value is -0.910. The minimum atomic E-state index is -0.794. The third-order valence-corrected chi connectivity index (χ3v) is 4.49. The van der Waals surface area contributed by atoms with E-state index in [4.69, 9.17) is 9.84 Å². The lowest BCUT2D eigenvalue weighted by Gasteiger charge is -2.26. The summed E-state index contributed by atoms with van der Waals surface area (Å²) in [5.74, 6) is -1.27. The van der Waals surface area contributed by atoms with Crippen LogP contribution in [0, 0.1) is 0 Å². The zero-order chi connectivity index (χ0) is 14.5. The number of carboxylic acid groups (broad SMARTS) is 1. The van der Waals surface area contributed by atoms with Gasteiger partial charge in [0.05, 0.1) is 19.1 Å². The van der Waals surface area contributed by atoms with Gasteiger partial charge >= 0.3 is 5.97 Å². The molecule has 1 unspecified atom stereocenters. The molecule has 20 heavy (non-hydrogen) atoms. The van der Waals surface area contributed by atoms with Crippen LogP contribution in [0.3, 0.4) is 0 Å². The van der Waals surface area contributed by atoms with Crippen LogP contribution in [0.5, 0.6) is 0 Å². The van der Waals surface area contributed by atoms with Crippen LogP contribution in [-0.2, 0) is 16.0 Å². The number of carboxylic acids is 1. The summed E-state index contributed by atoms with van der Waals surface area (Å²) in [6.07, 6.45) is 0.961. The van der Waals surface area contributed by atoms with Gasteiger partial charge < -0.3 is 9.84 Å². The topological polar surface area (TPSA) is 49.8 Å². The molecule has 110 valence electrons. The number of nitrogens with zero attached hydrogens (tertiary/aromatic N) is 1. The zero-order valence-electron chi connectivity index (χ0n) is 11.6. The average Bonchev–Trinajstić information content (AvgIpc) is 2.46. The maximum atomic E-state index is 11.0. The smallest absolute Gasteiger partial charge is 0.310 e. The summed E-state index contributed by atoms with van der Waals surface area (Å²) in [5.41, 5.74) is 2.05. The Kier molecular flexibility index (Phi) is 5.57. The van der Waals surface area contributed by atoms with Crippen molar-refractivity contribution in [2.24, 2.45) is 0 Å². The van der Waals surface area contributed by atoms with E-state index in [9.17, 15) is 4.79 Å². The van der Waals surface area contributed by atoms with Gasteiger partial charge in [-0.25, -0.2) is 0 Å². The van der Waals surface area contributed by atoms with Crippen molar-refractivity contribution >= 4 is 21.9 Å². The Morgan fingerprint density at radius 3 is 2.75 bits per heavy atom. The predicted molar refractivity (Wildman–Crippen MR) is 81.2 cm³/mol. The highest BCUT2D eigenvalue weighted by molar-refractivity contribution is 9.10. The Bertz CT molecular complexity index is 472. The molecule has 1 atom stereocenters. The SMILES string of the molecule is CC(C(=O)O)c1ccc(CCN2CCOCC2)c(Br)c1. The largest absolute Gasteiger partial charge is 0.481 e. The van der Waals surface area contributed by atoms with Crippen molar-refractivity contribution in [3.8, 4) is 0 Å². The van der Waals surface area contributed by atoms with Gasteiger partial charge in [-0.05, 0) is 30.5 Å². The number of aliphatic carboxylic acids is 1. The molecule has 1 aliphatic rings. The van der Waals surface area contributed by atoms with Crippen LogP contribution in [0.4, 0.5) is 0 Å². The third-order valence-electron chi connectivity index (χ3n) is 3.75. The molecule has 0 radical (unpaired) electrons. The lowest BCUT2D eigenvalue weighted by Crippen LogP contribution is -2.37. The summed E-state index contributed by atoms with van der Waals surface area (Å²) < 4.78 is 6.33. The minimum absolute atomic E-state index is 0.473. The molecule has 1 fully saturated rings. The van der Waals surface area contributed by atoms with E-state index >= 15 is 0 Å². The average molecular weight is 342 g/mol. The Labute approximate surface area is 127 Å². The second-order valence-corrected chi connectivity index (χ2v) is 5.97. The summed E-state index contributed by atoms with van der Waals surface area (Å²) in [4.78, 5) is 13.4. The van der Waals surface area contributed by atoms with E-state index < -0.39 is 11.9 Å². The summed E-state index contributed by atoms with van der Waals surface area (Å²) in [6, 6.07) is 5.87. The maximum absolute atomic E-state index is 11.0. The molecule has 0 amide bonds. The minimum Gasteiger partial charge on any atom is -0.481 e.